The zero-order chi connectivity index (χ0) is 15.6. The Morgan fingerprint density at radius 1 is 1.33 bits per heavy atom. The summed E-state index contributed by atoms with van der Waals surface area (Å²) in [6.45, 7) is 2.38. The minimum absolute atomic E-state index is 0.157. The molecule has 0 saturated heterocycles. The van der Waals surface area contributed by atoms with Crippen LogP contribution in [-0.4, -0.2) is 15.6 Å². The number of carbonyl (C=O) groups excluding carboxylic acids is 1. The summed E-state index contributed by atoms with van der Waals surface area (Å²) in [6.07, 6.45) is -2.45. The summed E-state index contributed by atoms with van der Waals surface area (Å²) in [7, 11) is 0. The lowest BCUT2D eigenvalue weighted by atomic mass is 10.0. The molecule has 0 aliphatic rings. The largest absolute Gasteiger partial charge is 0.417 e. The summed E-state index contributed by atoms with van der Waals surface area (Å²) in [6, 6.07) is 4.94. The lowest BCUT2D eigenvalue weighted by Crippen LogP contribution is -2.17. The average molecular weight is 361 g/mol. The van der Waals surface area contributed by atoms with E-state index < -0.39 is 17.5 Å². The number of ketones is 1. The molecule has 0 bridgehead atoms. The molecule has 0 N–H and O–H groups in total. The van der Waals surface area contributed by atoms with Crippen molar-refractivity contribution in [3.05, 3.63) is 51.8 Å². The van der Waals surface area contributed by atoms with Crippen LogP contribution in [0.3, 0.4) is 0 Å². The van der Waals surface area contributed by atoms with Crippen molar-refractivity contribution in [2.24, 2.45) is 0 Å². The first kappa shape index (κ1) is 15.8. The predicted molar refractivity (Wildman–Crippen MR) is 75.1 cm³/mol. The highest BCUT2D eigenvalue weighted by Gasteiger charge is 2.36. The van der Waals surface area contributed by atoms with Gasteiger partial charge in [-0.15, -0.1) is 0 Å². The van der Waals surface area contributed by atoms with Crippen molar-refractivity contribution in [3.8, 4) is 0 Å². The molecule has 112 valence electrons. The molecule has 21 heavy (non-hydrogen) atoms. The average Bonchev–Trinajstić information content (AvgIpc) is 2.85. The molecule has 0 aliphatic heterocycles. The molecule has 0 unspecified atom stereocenters. The summed E-state index contributed by atoms with van der Waals surface area (Å²) < 4.78 is 40.9. The second-order valence-electron chi connectivity index (χ2n) is 4.46. The second-order valence-corrected chi connectivity index (χ2v) is 5.37. The van der Waals surface area contributed by atoms with Crippen LogP contribution in [0.15, 0.2) is 34.9 Å². The van der Waals surface area contributed by atoms with Gasteiger partial charge in [-0.1, -0.05) is 22.9 Å². The van der Waals surface area contributed by atoms with Gasteiger partial charge in [-0.05, 0) is 30.7 Å². The van der Waals surface area contributed by atoms with E-state index in [4.69, 9.17) is 0 Å². The number of hydrogen-bond donors (Lipinski definition) is 0. The van der Waals surface area contributed by atoms with Gasteiger partial charge in [0.1, 0.15) is 5.69 Å². The van der Waals surface area contributed by atoms with Gasteiger partial charge in [0.15, 0.2) is 0 Å². The van der Waals surface area contributed by atoms with E-state index in [9.17, 15) is 18.0 Å². The molecule has 0 atom stereocenters. The second kappa shape index (κ2) is 6.01. The third-order valence-corrected chi connectivity index (χ3v) is 3.41. The molecule has 0 aliphatic carbocycles. The Hall–Kier alpha value is -1.63. The van der Waals surface area contributed by atoms with Gasteiger partial charge in [-0.2, -0.15) is 18.3 Å². The molecule has 0 radical (unpaired) electrons. The van der Waals surface area contributed by atoms with E-state index in [-0.39, 0.29) is 15.7 Å². The van der Waals surface area contributed by atoms with Gasteiger partial charge in [0.05, 0.1) is 5.56 Å². The van der Waals surface area contributed by atoms with Crippen LogP contribution in [0.1, 0.15) is 35.0 Å². The molecule has 2 aromatic rings. The number of nitrogens with zero attached hydrogens (tertiary/aromatic N) is 2. The van der Waals surface area contributed by atoms with Crippen molar-refractivity contribution in [1.29, 1.82) is 0 Å². The number of aryl methyl sites for hydroxylation is 1. The van der Waals surface area contributed by atoms with E-state index in [2.05, 4.69) is 21.0 Å². The van der Waals surface area contributed by atoms with Crippen LogP contribution in [0, 0.1) is 0 Å². The number of benzene rings is 1. The zero-order valence-electron chi connectivity index (χ0n) is 11.1. The third kappa shape index (κ3) is 3.34. The molecule has 0 amide bonds. The predicted octanol–water partition coefficient (Wildman–Crippen LogP) is 4.31. The molecule has 1 aromatic carbocycles. The van der Waals surface area contributed by atoms with Crippen molar-refractivity contribution in [3.63, 3.8) is 0 Å². The maximum atomic E-state index is 13.1. The van der Waals surface area contributed by atoms with Gasteiger partial charge in [-0.3, -0.25) is 9.48 Å². The van der Waals surface area contributed by atoms with E-state index in [1.165, 1.54) is 29.1 Å². The minimum Gasteiger partial charge on any atom is -0.287 e. The first-order chi connectivity index (χ1) is 9.84. The normalized spacial score (nSPS) is 11.7. The third-order valence-electron chi connectivity index (χ3n) is 2.92. The van der Waals surface area contributed by atoms with Crippen molar-refractivity contribution in [1.82, 2.24) is 9.78 Å². The highest BCUT2D eigenvalue weighted by Crippen LogP contribution is 2.34. The molecule has 1 aromatic heterocycles. The Morgan fingerprint density at radius 2 is 2.05 bits per heavy atom. The standard InChI is InChI=1S/C14H12BrF3N2O/c1-2-7-20-12(5-6-19-20)13(21)10-4-3-9(15)8-11(10)14(16,17)18/h3-6,8H,2,7H2,1H3. The van der Waals surface area contributed by atoms with Crippen LogP contribution in [-0.2, 0) is 12.7 Å². The van der Waals surface area contributed by atoms with Gasteiger partial charge in [0.25, 0.3) is 0 Å². The first-order valence-corrected chi connectivity index (χ1v) is 7.07. The Labute approximate surface area is 127 Å². The van der Waals surface area contributed by atoms with Crippen molar-refractivity contribution in [2.45, 2.75) is 26.1 Å². The van der Waals surface area contributed by atoms with Gasteiger partial charge in [-0.25, -0.2) is 0 Å². The molecular formula is C14H12BrF3N2O. The summed E-state index contributed by atoms with van der Waals surface area (Å²) in [5, 5.41) is 3.97. The van der Waals surface area contributed by atoms with Gasteiger partial charge >= 0.3 is 6.18 Å². The van der Waals surface area contributed by atoms with Gasteiger partial charge in [0, 0.05) is 22.8 Å². The molecule has 3 nitrogen and oxygen atoms in total. The van der Waals surface area contributed by atoms with Crippen LogP contribution in [0.4, 0.5) is 13.2 Å². The molecule has 7 heteroatoms. The number of aromatic nitrogens is 2. The number of hydrogen-bond acceptors (Lipinski definition) is 2. The lowest BCUT2D eigenvalue weighted by molar-refractivity contribution is -0.137. The monoisotopic (exact) mass is 360 g/mol. The fourth-order valence-electron chi connectivity index (χ4n) is 2.00. The highest BCUT2D eigenvalue weighted by molar-refractivity contribution is 9.10. The number of carbonyl (C=O) groups is 1. The Kier molecular flexibility index (Phi) is 4.51. The molecule has 0 fully saturated rings. The summed E-state index contributed by atoms with van der Waals surface area (Å²) >= 11 is 3.00. The number of halogens is 4. The molecule has 1 heterocycles. The molecular weight excluding hydrogens is 349 g/mol. The lowest BCUT2D eigenvalue weighted by Gasteiger charge is -2.13. The Morgan fingerprint density at radius 3 is 2.67 bits per heavy atom. The van der Waals surface area contributed by atoms with Crippen LogP contribution < -0.4 is 0 Å². The van der Waals surface area contributed by atoms with E-state index in [1.807, 2.05) is 6.92 Å². The van der Waals surface area contributed by atoms with E-state index in [0.717, 1.165) is 12.5 Å². The Bertz CT molecular complexity index is 664. The Balaban J connectivity index is 2.51. The number of rotatable bonds is 4. The maximum absolute atomic E-state index is 13.1. The maximum Gasteiger partial charge on any atom is 0.417 e. The summed E-state index contributed by atoms with van der Waals surface area (Å²) in [5.74, 6) is -0.680. The van der Waals surface area contributed by atoms with Gasteiger partial charge in [0.2, 0.25) is 5.78 Å². The quantitative estimate of drug-likeness (QED) is 0.761. The van der Waals surface area contributed by atoms with E-state index >= 15 is 0 Å². The molecule has 2 rings (SSSR count). The highest BCUT2D eigenvalue weighted by atomic mass is 79.9. The first-order valence-electron chi connectivity index (χ1n) is 6.28. The SMILES string of the molecule is CCCn1nccc1C(=O)c1ccc(Br)cc1C(F)(F)F. The smallest absolute Gasteiger partial charge is 0.287 e. The molecule has 0 saturated carbocycles. The van der Waals surface area contributed by atoms with Crippen LogP contribution in [0.25, 0.3) is 0 Å². The van der Waals surface area contributed by atoms with Crippen molar-refractivity contribution < 1.29 is 18.0 Å². The fourth-order valence-corrected chi connectivity index (χ4v) is 2.36. The number of alkyl halides is 3. The zero-order valence-corrected chi connectivity index (χ0v) is 12.7. The topological polar surface area (TPSA) is 34.9 Å². The van der Waals surface area contributed by atoms with Crippen LogP contribution in [0.5, 0.6) is 0 Å². The minimum atomic E-state index is -4.59. The molecule has 0 spiro atoms. The van der Waals surface area contributed by atoms with E-state index in [0.29, 0.717) is 6.54 Å². The summed E-state index contributed by atoms with van der Waals surface area (Å²) in [5.41, 5.74) is -1.17. The van der Waals surface area contributed by atoms with E-state index in [1.54, 1.807) is 0 Å². The van der Waals surface area contributed by atoms with Crippen molar-refractivity contribution >= 4 is 21.7 Å². The fraction of sp³-hybridized carbons (Fsp3) is 0.286. The summed E-state index contributed by atoms with van der Waals surface area (Å²) in [4.78, 5) is 12.4. The van der Waals surface area contributed by atoms with Crippen LogP contribution in [0.2, 0.25) is 0 Å². The van der Waals surface area contributed by atoms with Gasteiger partial charge < -0.3 is 0 Å². The van der Waals surface area contributed by atoms with Crippen LogP contribution >= 0.6 is 15.9 Å². The van der Waals surface area contributed by atoms with Crippen molar-refractivity contribution in [2.75, 3.05) is 0 Å².